The summed E-state index contributed by atoms with van der Waals surface area (Å²) in [6, 6.07) is -0.273. The van der Waals surface area contributed by atoms with E-state index in [9.17, 15) is 19.8 Å². The minimum absolute atomic E-state index is 0.0624. The zero-order chi connectivity index (χ0) is 16.4. The summed E-state index contributed by atoms with van der Waals surface area (Å²) in [5.41, 5.74) is 11.2. The fourth-order valence-electron chi connectivity index (χ4n) is 3.36. The van der Waals surface area contributed by atoms with E-state index in [4.69, 9.17) is 11.5 Å². The highest BCUT2D eigenvalue weighted by atomic mass is 32.2. The number of aliphatic hydroxyl groups is 1. The Morgan fingerprint density at radius 3 is 2.59 bits per heavy atom. The second-order valence-corrected chi connectivity index (χ2v) is 6.79. The van der Waals surface area contributed by atoms with E-state index in [-0.39, 0.29) is 23.6 Å². The average Bonchev–Trinajstić information content (AvgIpc) is 2.72. The molecular formula is C14H23N3O4S. The van der Waals surface area contributed by atoms with Crippen molar-refractivity contribution in [3.63, 3.8) is 0 Å². The molecule has 0 spiro atoms. The number of carboxylic acid groups (broad SMARTS) is 1. The van der Waals surface area contributed by atoms with E-state index in [1.807, 2.05) is 0 Å². The first-order chi connectivity index (χ1) is 10.5. The van der Waals surface area contributed by atoms with E-state index in [0.717, 1.165) is 6.42 Å². The van der Waals surface area contributed by atoms with Gasteiger partial charge in [0.1, 0.15) is 5.70 Å². The highest BCUT2D eigenvalue weighted by Crippen LogP contribution is 2.52. The normalized spacial score (nSPS) is 28.6. The molecule has 6 N–H and O–H groups in total. The molecule has 2 aliphatic heterocycles. The quantitative estimate of drug-likeness (QED) is 0.444. The van der Waals surface area contributed by atoms with Crippen molar-refractivity contribution in [2.24, 2.45) is 23.3 Å². The Hall–Kier alpha value is -1.09. The van der Waals surface area contributed by atoms with Crippen molar-refractivity contribution in [2.45, 2.75) is 31.9 Å². The van der Waals surface area contributed by atoms with Crippen molar-refractivity contribution < 1.29 is 19.8 Å². The van der Waals surface area contributed by atoms with Gasteiger partial charge in [-0.3, -0.25) is 4.79 Å². The third-order valence-electron chi connectivity index (χ3n) is 4.23. The smallest absolute Gasteiger partial charge is 0.353 e. The number of nitrogens with zero attached hydrogens (tertiary/aromatic N) is 1. The van der Waals surface area contributed by atoms with E-state index < -0.39 is 18.0 Å². The van der Waals surface area contributed by atoms with Crippen LogP contribution in [0.4, 0.5) is 0 Å². The van der Waals surface area contributed by atoms with E-state index in [1.165, 1.54) is 16.7 Å². The van der Waals surface area contributed by atoms with Crippen LogP contribution in [0.3, 0.4) is 0 Å². The third-order valence-corrected chi connectivity index (χ3v) is 5.48. The van der Waals surface area contributed by atoms with Crippen molar-refractivity contribution in [3.05, 3.63) is 10.6 Å². The number of aliphatic hydroxyl groups excluding tert-OH is 1. The van der Waals surface area contributed by atoms with Crippen LogP contribution in [-0.2, 0) is 9.59 Å². The molecule has 7 nitrogen and oxygen atoms in total. The van der Waals surface area contributed by atoms with Crippen molar-refractivity contribution >= 4 is 23.6 Å². The summed E-state index contributed by atoms with van der Waals surface area (Å²) < 4.78 is 0. The summed E-state index contributed by atoms with van der Waals surface area (Å²) in [6.45, 7) is 2.52. The Labute approximate surface area is 133 Å². The van der Waals surface area contributed by atoms with Crippen LogP contribution < -0.4 is 11.5 Å². The molecule has 22 heavy (non-hydrogen) atoms. The van der Waals surface area contributed by atoms with Gasteiger partial charge in [-0.15, -0.1) is 11.8 Å². The molecule has 124 valence electrons. The molecular weight excluding hydrogens is 306 g/mol. The second kappa shape index (κ2) is 6.99. The molecule has 8 heteroatoms. The number of rotatable bonds is 8. The molecule has 0 aliphatic carbocycles. The molecule has 0 aromatic carbocycles. The molecule has 2 aliphatic rings. The number of hydrogen-bond acceptors (Lipinski definition) is 6. The monoisotopic (exact) mass is 329 g/mol. The van der Waals surface area contributed by atoms with Gasteiger partial charge in [-0.1, -0.05) is 0 Å². The second-order valence-electron chi connectivity index (χ2n) is 5.66. The number of β-lactam (4-membered cyclic amide) rings is 1. The lowest BCUT2D eigenvalue weighted by Crippen LogP contribution is -2.63. The minimum atomic E-state index is -1.10. The van der Waals surface area contributed by atoms with Crippen molar-refractivity contribution in [1.82, 2.24) is 4.90 Å². The molecule has 1 saturated heterocycles. The number of amides is 1. The maximum absolute atomic E-state index is 12.2. The number of carbonyl (C=O) groups excluding carboxylic acids is 1. The standard InChI is InChI=1S/C14H23N3O4S/c1-7(18)9-10-8(3-2-4-15)12(22-6-5-16)11(14(20)21)17(10)13(9)19/h7-10,18H,2-6,15-16H2,1H3,(H,20,21)/t7-,8-,9-,10-/m1/s1. The summed E-state index contributed by atoms with van der Waals surface area (Å²) >= 11 is 1.40. The first-order valence-corrected chi connectivity index (χ1v) is 8.45. The molecule has 0 radical (unpaired) electrons. The van der Waals surface area contributed by atoms with E-state index >= 15 is 0 Å². The van der Waals surface area contributed by atoms with Crippen LogP contribution >= 0.6 is 11.8 Å². The summed E-state index contributed by atoms with van der Waals surface area (Å²) in [5, 5.41) is 19.4. The van der Waals surface area contributed by atoms with Crippen molar-refractivity contribution in [1.29, 1.82) is 0 Å². The molecule has 0 saturated carbocycles. The van der Waals surface area contributed by atoms with Gasteiger partial charge in [0.2, 0.25) is 5.91 Å². The topological polar surface area (TPSA) is 130 Å². The number of fused-ring (bicyclic) bond motifs is 1. The number of carboxylic acids is 1. The van der Waals surface area contributed by atoms with Crippen molar-refractivity contribution in [3.8, 4) is 0 Å². The van der Waals surface area contributed by atoms with Gasteiger partial charge < -0.3 is 26.6 Å². The number of aliphatic carboxylic acids is 1. The number of carbonyl (C=O) groups is 2. The summed E-state index contributed by atoms with van der Waals surface area (Å²) in [4.78, 5) is 25.9. The van der Waals surface area contributed by atoms with E-state index in [0.29, 0.717) is 30.2 Å². The first-order valence-electron chi connectivity index (χ1n) is 7.47. The molecule has 1 fully saturated rings. The lowest BCUT2D eigenvalue weighted by atomic mass is 9.77. The zero-order valence-electron chi connectivity index (χ0n) is 12.6. The predicted molar refractivity (Wildman–Crippen MR) is 83.8 cm³/mol. The van der Waals surface area contributed by atoms with Crippen LogP contribution in [0.25, 0.3) is 0 Å². The Balaban J connectivity index is 2.35. The highest BCUT2D eigenvalue weighted by Gasteiger charge is 2.60. The summed E-state index contributed by atoms with van der Waals surface area (Å²) in [5.74, 6) is -1.42. The van der Waals surface area contributed by atoms with Gasteiger partial charge >= 0.3 is 5.97 Å². The van der Waals surface area contributed by atoms with Gasteiger partial charge in [0.05, 0.1) is 18.1 Å². The Morgan fingerprint density at radius 1 is 1.41 bits per heavy atom. The zero-order valence-corrected chi connectivity index (χ0v) is 13.4. The van der Waals surface area contributed by atoms with Gasteiger partial charge in [-0.25, -0.2) is 4.79 Å². The Kier molecular flexibility index (Phi) is 5.49. The van der Waals surface area contributed by atoms with Gasteiger partial charge in [0, 0.05) is 23.1 Å². The van der Waals surface area contributed by atoms with Gasteiger partial charge in [-0.2, -0.15) is 0 Å². The molecule has 2 heterocycles. The first kappa shape index (κ1) is 17.3. The predicted octanol–water partition coefficient (Wildman–Crippen LogP) is -0.449. The fraction of sp³-hybridized carbons (Fsp3) is 0.714. The number of thioether (sulfide) groups is 1. The van der Waals surface area contributed by atoms with Gasteiger partial charge in [0.25, 0.3) is 0 Å². The number of hydrogen-bond donors (Lipinski definition) is 4. The van der Waals surface area contributed by atoms with Gasteiger partial charge in [-0.05, 0) is 26.3 Å². The molecule has 2 rings (SSSR count). The average molecular weight is 329 g/mol. The maximum atomic E-state index is 12.2. The molecule has 0 aromatic heterocycles. The third kappa shape index (κ3) is 2.76. The number of nitrogens with two attached hydrogens (primary N) is 2. The van der Waals surface area contributed by atoms with Crippen LogP contribution in [-0.4, -0.2) is 58.0 Å². The lowest BCUT2D eigenvalue weighted by molar-refractivity contribution is -0.163. The SMILES string of the molecule is C[C@@H](O)[C@H]1C(=O)N2C(C(=O)O)=C(SCCN)[C@H](CCCN)[C@H]12. The Bertz CT molecular complexity index is 494. The van der Waals surface area contributed by atoms with Crippen LogP contribution in [0.15, 0.2) is 10.6 Å². The minimum Gasteiger partial charge on any atom is -0.477 e. The molecule has 1 amide bonds. The maximum Gasteiger partial charge on any atom is 0.353 e. The van der Waals surface area contributed by atoms with Crippen LogP contribution in [0, 0.1) is 11.8 Å². The van der Waals surface area contributed by atoms with Crippen LogP contribution in [0.5, 0.6) is 0 Å². The lowest BCUT2D eigenvalue weighted by Gasteiger charge is -2.47. The Morgan fingerprint density at radius 2 is 2.09 bits per heavy atom. The summed E-state index contributed by atoms with van der Waals surface area (Å²) in [6.07, 6.45) is 0.663. The summed E-state index contributed by atoms with van der Waals surface area (Å²) in [7, 11) is 0. The molecule has 0 unspecified atom stereocenters. The van der Waals surface area contributed by atoms with Gasteiger partial charge in [0.15, 0.2) is 0 Å². The van der Waals surface area contributed by atoms with Crippen molar-refractivity contribution in [2.75, 3.05) is 18.8 Å². The van der Waals surface area contributed by atoms with E-state index in [2.05, 4.69) is 0 Å². The fourth-order valence-corrected chi connectivity index (χ4v) is 4.49. The van der Waals surface area contributed by atoms with Crippen LogP contribution in [0.2, 0.25) is 0 Å². The molecule has 4 atom stereocenters. The molecule has 0 aromatic rings. The van der Waals surface area contributed by atoms with E-state index in [1.54, 1.807) is 6.92 Å². The highest BCUT2D eigenvalue weighted by molar-refractivity contribution is 8.03. The van der Waals surface area contributed by atoms with Crippen LogP contribution in [0.1, 0.15) is 19.8 Å². The molecule has 0 bridgehead atoms. The largest absolute Gasteiger partial charge is 0.477 e.